The van der Waals surface area contributed by atoms with Crippen molar-refractivity contribution in [2.45, 2.75) is 24.8 Å². The molecule has 0 saturated carbocycles. The Bertz CT molecular complexity index is 461. The molecular formula is C11H13NO5S. The van der Waals surface area contributed by atoms with Crippen molar-refractivity contribution in [3.8, 4) is 5.75 Å². The quantitative estimate of drug-likeness (QED) is 0.486. The molecule has 1 aromatic rings. The fourth-order valence-electron chi connectivity index (χ4n) is 1.29. The van der Waals surface area contributed by atoms with Gasteiger partial charge in [0, 0.05) is 0 Å². The number of aliphatic carboxylic acids is 1. The van der Waals surface area contributed by atoms with Crippen molar-refractivity contribution in [3.05, 3.63) is 28.3 Å². The molecule has 0 aliphatic rings. The Morgan fingerprint density at radius 3 is 2.72 bits per heavy atom. The Hall–Kier alpha value is -1.76. The zero-order chi connectivity index (χ0) is 13.7. The summed E-state index contributed by atoms with van der Waals surface area (Å²) in [7, 11) is 0. The maximum Gasteiger partial charge on any atom is 0.324 e. The number of hydrogen-bond donors (Lipinski definition) is 1. The lowest BCUT2D eigenvalue weighted by Crippen LogP contribution is -2.08. The topological polar surface area (TPSA) is 89.7 Å². The van der Waals surface area contributed by atoms with E-state index >= 15 is 0 Å². The molecule has 0 heterocycles. The molecule has 0 aromatic heterocycles. The molecule has 1 N–H and O–H groups in total. The van der Waals surface area contributed by atoms with Crippen molar-refractivity contribution in [2.75, 3.05) is 5.75 Å². The molecule has 0 unspecified atom stereocenters. The average Bonchev–Trinajstić information content (AvgIpc) is 2.25. The van der Waals surface area contributed by atoms with Crippen LogP contribution in [0.15, 0.2) is 23.1 Å². The SMILES string of the molecule is CC(C)Oc1cccc(SCC(=O)O)c1[N+](=O)[O-]. The molecule has 0 aliphatic carbocycles. The minimum absolute atomic E-state index is 0.158. The summed E-state index contributed by atoms with van der Waals surface area (Å²) >= 11 is 0.904. The van der Waals surface area contributed by atoms with Crippen molar-refractivity contribution < 1.29 is 19.6 Å². The highest BCUT2D eigenvalue weighted by molar-refractivity contribution is 8.00. The lowest BCUT2D eigenvalue weighted by molar-refractivity contribution is -0.388. The Morgan fingerprint density at radius 1 is 1.56 bits per heavy atom. The molecule has 0 amide bonds. The molecular weight excluding hydrogens is 258 g/mol. The zero-order valence-corrected chi connectivity index (χ0v) is 10.8. The van der Waals surface area contributed by atoms with Crippen LogP contribution in [-0.4, -0.2) is 27.9 Å². The van der Waals surface area contributed by atoms with Gasteiger partial charge in [-0.3, -0.25) is 14.9 Å². The van der Waals surface area contributed by atoms with Crippen LogP contribution in [0, 0.1) is 10.1 Å². The standard InChI is InChI=1S/C11H13NO5S/c1-7(2)17-8-4-3-5-9(11(8)12(15)16)18-6-10(13)14/h3-5,7H,6H2,1-2H3,(H,13,14). The van der Waals surface area contributed by atoms with Gasteiger partial charge in [-0.2, -0.15) is 0 Å². The molecule has 1 aromatic carbocycles. The summed E-state index contributed by atoms with van der Waals surface area (Å²) in [4.78, 5) is 21.3. The summed E-state index contributed by atoms with van der Waals surface area (Å²) in [6.45, 7) is 3.53. The van der Waals surface area contributed by atoms with Gasteiger partial charge in [0.2, 0.25) is 0 Å². The molecule has 1 rings (SSSR count). The van der Waals surface area contributed by atoms with E-state index in [0.717, 1.165) is 11.8 Å². The molecule has 0 bridgehead atoms. The van der Waals surface area contributed by atoms with Crippen molar-refractivity contribution in [1.82, 2.24) is 0 Å². The molecule has 0 radical (unpaired) electrons. The Balaban J connectivity index is 3.09. The smallest absolute Gasteiger partial charge is 0.324 e. The number of ether oxygens (including phenoxy) is 1. The number of nitro benzene ring substituents is 1. The minimum Gasteiger partial charge on any atom is -0.484 e. The van der Waals surface area contributed by atoms with Gasteiger partial charge < -0.3 is 9.84 Å². The number of hydrogen-bond acceptors (Lipinski definition) is 5. The van der Waals surface area contributed by atoms with E-state index in [1.807, 2.05) is 0 Å². The first-order chi connectivity index (χ1) is 8.41. The van der Waals surface area contributed by atoms with E-state index in [0.29, 0.717) is 4.90 Å². The van der Waals surface area contributed by atoms with Crippen LogP contribution in [0.1, 0.15) is 13.8 Å². The van der Waals surface area contributed by atoms with Crippen molar-refractivity contribution in [2.24, 2.45) is 0 Å². The molecule has 98 valence electrons. The first kappa shape index (κ1) is 14.3. The van der Waals surface area contributed by atoms with Gasteiger partial charge in [0.25, 0.3) is 0 Å². The van der Waals surface area contributed by atoms with Gasteiger partial charge in [-0.15, -0.1) is 11.8 Å². The van der Waals surface area contributed by atoms with Gasteiger partial charge in [0.1, 0.15) is 0 Å². The number of carboxylic acids is 1. The van der Waals surface area contributed by atoms with E-state index in [9.17, 15) is 14.9 Å². The highest BCUT2D eigenvalue weighted by Gasteiger charge is 2.22. The monoisotopic (exact) mass is 271 g/mol. The summed E-state index contributed by atoms with van der Waals surface area (Å²) in [6, 6.07) is 4.62. The number of nitro groups is 1. The molecule has 0 fully saturated rings. The van der Waals surface area contributed by atoms with Crippen LogP contribution in [0.5, 0.6) is 5.75 Å². The summed E-state index contributed by atoms with van der Waals surface area (Å²) in [6.07, 6.45) is -0.191. The third kappa shape index (κ3) is 3.92. The van der Waals surface area contributed by atoms with Gasteiger partial charge in [0.05, 0.1) is 21.7 Å². The number of carboxylic acid groups (broad SMARTS) is 1. The molecule has 18 heavy (non-hydrogen) atoms. The lowest BCUT2D eigenvalue weighted by atomic mass is 10.3. The summed E-state index contributed by atoms with van der Waals surface area (Å²) in [5.74, 6) is -1.10. The largest absolute Gasteiger partial charge is 0.484 e. The number of para-hydroxylation sites is 1. The fraction of sp³-hybridized carbons (Fsp3) is 0.364. The normalized spacial score (nSPS) is 10.4. The predicted octanol–water partition coefficient (Wildman–Crippen LogP) is 2.56. The highest BCUT2D eigenvalue weighted by atomic mass is 32.2. The van der Waals surface area contributed by atoms with Crippen LogP contribution in [0.4, 0.5) is 5.69 Å². The lowest BCUT2D eigenvalue weighted by Gasteiger charge is -2.11. The van der Waals surface area contributed by atoms with Gasteiger partial charge in [-0.05, 0) is 26.0 Å². The van der Waals surface area contributed by atoms with E-state index in [1.54, 1.807) is 19.9 Å². The van der Waals surface area contributed by atoms with Gasteiger partial charge in [-0.25, -0.2) is 0 Å². The molecule has 0 spiro atoms. The predicted molar refractivity (Wildman–Crippen MR) is 67.2 cm³/mol. The number of thioether (sulfide) groups is 1. The summed E-state index contributed by atoms with van der Waals surface area (Å²) in [5, 5.41) is 19.6. The number of rotatable bonds is 6. The van der Waals surface area contributed by atoms with E-state index in [2.05, 4.69) is 0 Å². The van der Waals surface area contributed by atoms with Crippen LogP contribution < -0.4 is 4.74 Å². The number of nitrogens with zero attached hydrogens (tertiary/aromatic N) is 1. The second-order valence-electron chi connectivity index (χ2n) is 3.71. The number of benzene rings is 1. The maximum atomic E-state index is 11.0. The van der Waals surface area contributed by atoms with Crippen LogP contribution in [-0.2, 0) is 4.79 Å². The van der Waals surface area contributed by atoms with Gasteiger partial charge in [-0.1, -0.05) is 6.07 Å². The van der Waals surface area contributed by atoms with Crippen LogP contribution in [0.25, 0.3) is 0 Å². The molecule has 7 heteroatoms. The second kappa shape index (κ2) is 6.25. The molecule has 0 aliphatic heterocycles. The molecule has 0 saturated heterocycles. The third-order valence-corrected chi connectivity index (χ3v) is 2.89. The molecule has 6 nitrogen and oxygen atoms in total. The molecule has 0 atom stereocenters. The van der Waals surface area contributed by atoms with Crippen molar-refractivity contribution in [3.63, 3.8) is 0 Å². The maximum absolute atomic E-state index is 11.0. The van der Waals surface area contributed by atoms with Crippen LogP contribution in [0.2, 0.25) is 0 Å². The Labute approximate surface area is 108 Å². The van der Waals surface area contributed by atoms with E-state index in [4.69, 9.17) is 9.84 Å². The summed E-state index contributed by atoms with van der Waals surface area (Å²) in [5.41, 5.74) is -0.183. The zero-order valence-electron chi connectivity index (χ0n) is 9.95. The van der Waals surface area contributed by atoms with Crippen LogP contribution >= 0.6 is 11.8 Å². The number of carbonyl (C=O) groups is 1. The first-order valence-corrected chi connectivity index (χ1v) is 6.19. The van der Waals surface area contributed by atoms with E-state index in [1.165, 1.54) is 12.1 Å². The van der Waals surface area contributed by atoms with Crippen molar-refractivity contribution >= 4 is 23.4 Å². The van der Waals surface area contributed by atoms with Gasteiger partial charge >= 0.3 is 11.7 Å². The third-order valence-electron chi connectivity index (χ3n) is 1.86. The highest BCUT2D eigenvalue weighted by Crippen LogP contribution is 2.37. The first-order valence-electron chi connectivity index (χ1n) is 5.20. The summed E-state index contributed by atoms with van der Waals surface area (Å²) < 4.78 is 5.35. The van der Waals surface area contributed by atoms with Crippen molar-refractivity contribution in [1.29, 1.82) is 0 Å². The van der Waals surface area contributed by atoms with E-state index in [-0.39, 0.29) is 23.3 Å². The fourth-order valence-corrected chi connectivity index (χ4v) is 2.05. The van der Waals surface area contributed by atoms with Crippen LogP contribution in [0.3, 0.4) is 0 Å². The van der Waals surface area contributed by atoms with Gasteiger partial charge in [0.15, 0.2) is 5.75 Å². The minimum atomic E-state index is -1.02. The Morgan fingerprint density at radius 2 is 2.22 bits per heavy atom. The Kier molecular flexibility index (Phi) is 4.96. The average molecular weight is 271 g/mol. The second-order valence-corrected chi connectivity index (χ2v) is 4.73. The van der Waals surface area contributed by atoms with E-state index < -0.39 is 10.9 Å².